The van der Waals surface area contributed by atoms with Gasteiger partial charge in [-0.3, -0.25) is 4.79 Å². The topological polar surface area (TPSA) is 69.9 Å². The predicted octanol–water partition coefficient (Wildman–Crippen LogP) is 1.35. The minimum Gasteiger partial charge on any atom is -0.465 e. The van der Waals surface area contributed by atoms with Crippen LogP contribution in [0.25, 0.3) is 0 Å². The predicted molar refractivity (Wildman–Crippen MR) is 62.2 cm³/mol. The molecule has 0 aliphatic heterocycles. The van der Waals surface area contributed by atoms with Gasteiger partial charge in [0, 0.05) is 13.0 Å². The van der Waals surface area contributed by atoms with E-state index in [-0.39, 0.29) is 5.97 Å². The molecule has 0 radical (unpaired) electrons. The number of ether oxygens (including phenoxy) is 1. The highest BCUT2D eigenvalue weighted by Crippen LogP contribution is 2.21. The number of rotatable bonds is 6. The van der Waals surface area contributed by atoms with Gasteiger partial charge < -0.3 is 4.74 Å². The van der Waals surface area contributed by atoms with Crippen LogP contribution in [0.2, 0.25) is 0 Å². The summed E-state index contributed by atoms with van der Waals surface area (Å²) < 4.78 is 6.91. The Hall–Kier alpha value is -1.46. The van der Waals surface area contributed by atoms with E-state index in [1.165, 1.54) is 0 Å². The molecule has 0 bridgehead atoms. The second-order valence-corrected chi connectivity index (χ2v) is 4.68. The van der Waals surface area contributed by atoms with Crippen LogP contribution in [-0.2, 0) is 16.1 Å². The van der Waals surface area contributed by atoms with Gasteiger partial charge in [-0.2, -0.15) is 0 Å². The summed E-state index contributed by atoms with van der Waals surface area (Å²) in [6, 6.07) is 0. The molecule has 0 aromatic carbocycles. The number of hydrogen-bond acceptors (Lipinski definition) is 5. The molecule has 6 heteroatoms. The highest BCUT2D eigenvalue weighted by atomic mass is 16.5. The van der Waals surface area contributed by atoms with Crippen LogP contribution in [0.15, 0.2) is 0 Å². The molecule has 0 aliphatic carbocycles. The zero-order chi connectivity index (χ0) is 12.9. The highest BCUT2D eigenvalue weighted by molar-refractivity contribution is 5.75. The zero-order valence-corrected chi connectivity index (χ0v) is 10.9. The van der Waals surface area contributed by atoms with Crippen LogP contribution in [0, 0.1) is 12.3 Å². The molecule has 0 fully saturated rings. The van der Waals surface area contributed by atoms with Crippen LogP contribution < -0.4 is 0 Å². The van der Waals surface area contributed by atoms with Gasteiger partial charge in [-0.15, -0.1) is 5.10 Å². The summed E-state index contributed by atoms with van der Waals surface area (Å²) in [6.07, 6.45) is 1.50. The Morgan fingerprint density at radius 3 is 2.71 bits per heavy atom. The molecule has 0 saturated carbocycles. The zero-order valence-electron chi connectivity index (χ0n) is 10.9. The maximum atomic E-state index is 11.7. The minimum atomic E-state index is -0.398. The van der Waals surface area contributed by atoms with Crippen molar-refractivity contribution in [3.63, 3.8) is 0 Å². The van der Waals surface area contributed by atoms with Crippen LogP contribution >= 0.6 is 0 Å². The van der Waals surface area contributed by atoms with Gasteiger partial charge in [-0.1, -0.05) is 6.92 Å². The van der Waals surface area contributed by atoms with Crippen molar-refractivity contribution in [3.05, 3.63) is 5.82 Å². The standard InChI is InChI=1S/C11H20N4O2/c1-5-11(3,4)10(16)17-8-6-7-15-9(2)12-13-14-15/h5-8H2,1-4H3. The number of carbonyl (C=O) groups excluding carboxylic acids is 1. The number of aromatic nitrogens is 4. The van der Waals surface area contributed by atoms with Gasteiger partial charge in [0.25, 0.3) is 0 Å². The molecular formula is C11H20N4O2. The Morgan fingerprint density at radius 1 is 1.47 bits per heavy atom. The molecule has 1 aromatic heterocycles. The lowest BCUT2D eigenvalue weighted by Gasteiger charge is -2.20. The number of nitrogens with zero attached hydrogens (tertiary/aromatic N) is 4. The van der Waals surface area contributed by atoms with Crippen LogP contribution in [0.1, 0.15) is 39.4 Å². The van der Waals surface area contributed by atoms with Crippen molar-refractivity contribution in [2.24, 2.45) is 5.41 Å². The third kappa shape index (κ3) is 3.80. The van der Waals surface area contributed by atoms with Gasteiger partial charge in [0.2, 0.25) is 0 Å². The smallest absolute Gasteiger partial charge is 0.311 e. The van der Waals surface area contributed by atoms with Crippen LogP contribution in [-0.4, -0.2) is 32.8 Å². The van der Waals surface area contributed by atoms with Gasteiger partial charge >= 0.3 is 5.97 Å². The number of aryl methyl sites for hydroxylation is 2. The molecule has 0 unspecified atom stereocenters. The largest absolute Gasteiger partial charge is 0.465 e. The molecule has 0 aliphatic rings. The van der Waals surface area contributed by atoms with Gasteiger partial charge in [0.05, 0.1) is 12.0 Å². The van der Waals surface area contributed by atoms with Crippen LogP contribution in [0.3, 0.4) is 0 Å². The van der Waals surface area contributed by atoms with Gasteiger partial charge in [0.1, 0.15) is 5.82 Å². The van der Waals surface area contributed by atoms with Crippen LogP contribution in [0.5, 0.6) is 0 Å². The van der Waals surface area contributed by atoms with E-state index in [4.69, 9.17) is 4.74 Å². The molecule has 0 amide bonds. The fourth-order valence-corrected chi connectivity index (χ4v) is 1.17. The molecule has 1 rings (SSSR count). The lowest BCUT2D eigenvalue weighted by atomic mass is 9.91. The highest BCUT2D eigenvalue weighted by Gasteiger charge is 2.26. The van der Waals surface area contributed by atoms with Crippen molar-refractivity contribution in [3.8, 4) is 0 Å². The quantitative estimate of drug-likeness (QED) is 0.554. The molecule has 1 aromatic rings. The first-order chi connectivity index (χ1) is 7.97. The summed E-state index contributed by atoms with van der Waals surface area (Å²) in [5.74, 6) is 0.624. The van der Waals surface area contributed by atoms with E-state index < -0.39 is 5.41 Å². The van der Waals surface area contributed by atoms with Crippen molar-refractivity contribution in [1.29, 1.82) is 0 Å². The molecule has 1 heterocycles. The molecule has 96 valence electrons. The number of esters is 1. The summed E-state index contributed by atoms with van der Waals surface area (Å²) in [4.78, 5) is 11.7. The van der Waals surface area contributed by atoms with Crippen molar-refractivity contribution in [2.75, 3.05) is 6.61 Å². The monoisotopic (exact) mass is 240 g/mol. The van der Waals surface area contributed by atoms with E-state index in [2.05, 4.69) is 15.5 Å². The van der Waals surface area contributed by atoms with E-state index in [1.807, 2.05) is 27.7 Å². The minimum absolute atomic E-state index is 0.145. The van der Waals surface area contributed by atoms with Gasteiger partial charge in [-0.25, -0.2) is 4.68 Å². The number of carbonyl (C=O) groups is 1. The average molecular weight is 240 g/mol. The lowest BCUT2D eigenvalue weighted by molar-refractivity contribution is -0.154. The SMILES string of the molecule is CCC(C)(C)C(=O)OCCCn1nnnc1C. The number of hydrogen-bond donors (Lipinski definition) is 0. The summed E-state index contributed by atoms with van der Waals surface area (Å²) in [6.45, 7) is 8.67. The Morgan fingerprint density at radius 2 is 2.18 bits per heavy atom. The second-order valence-electron chi connectivity index (χ2n) is 4.68. The van der Waals surface area contributed by atoms with Crippen molar-refractivity contribution in [1.82, 2.24) is 20.2 Å². The first-order valence-electron chi connectivity index (χ1n) is 5.87. The maximum absolute atomic E-state index is 11.7. The second kappa shape index (κ2) is 5.75. The summed E-state index contributed by atoms with van der Waals surface area (Å²) in [7, 11) is 0. The van der Waals surface area contributed by atoms with Crippen molar-refractivity contribution in [2.45, 2.75) is 47.1 Å². The molecule has 17 heavy (non-hydrogen) atoms. The summed E-state index contributed by atoms with van der Waals surface area (Å²) >= 11 is 0. The van der Waals surface area contributed by atoms with Crippen molar-refractivity contribution < 1.29 is 9.53 Å². The average Bonchev–Trinajstić information content (AvgIpc) is 2.70. The van der Waals surface area contributed by atoms with E-state index in [9.17, 15) is 4.79 Å². The summed E-state index contributed by atoms with van der Waals surface area (Å²) in [5.41, 5.74) is -0.398. The Bertz CT molecular complexity index is 373. The van der Waals surface area contributed by atoms with E-state index >= 15 is 0 Å². The van der Waals surface area contributed by atoms with Crippen LogP contribution in [0.4, 0.5) is 0 Å². The Labute approximate surface area is 101 Å². The Balaban J connectivity index is 2.25. The molecule has 0 atom stereocenters. The number of tetrazole rings is 1. The molecule has 0 saturated heterocycles. The summed E-state index contributed by atoms with van der Waals surface area (Å²) in [5, 5.41) is 11.1. The molecular weight excluding hydrogens is 220 g/mol. The maximum Gasteiger partial charge on any atom is 0.311 e. The molecule has 0 spiro atoms. The molecule has 6 nitrogen and oxygen atoms in total. The first kappa shape index (κ1) is 13.6. The normalized spacial score (nSPS) is 11.5. The fraction of sp³-hybridized carbons (Fsp3) is 0.818. The van der Waals surface area contributed by atoms with Gasteiger partial charge in [-0.05, 0) is 37.6 Å². The van der Waals surface area contributed by atoms with Crippen molar-refractivity contribution >= 4 is 5.97 Å². The molecule has 0 N–H and O–H groups in total. The third-order valence-corrected chi connectivity index (χ3v) is 2.89. The van der Waals surface area contributed by atoms with E-state index in [0.29, 0.717) is 13.2 Å². The fourth-order valence-electron chi connectivity index (χ4n) is 1.17. The van der Waals surface area contributed by atoms with Gasteiger partial charge in [0.15, 0.2) is 0 Å². The Kier molecular flexibility index (Phi) is 4.60. The lowest BCUT2D eigenvalue weighted by Crippen LogP contribution is -2.26. The van der Waals surface area contributed by atoms with E-state index in [0.717, 1.165) is 18.7 Å². The third-order valence-electron chi connectivity index (χ3n) is 2.89. The van der Waals surface area contributed by atoms with E-state index in [1.54, 1.807) is 4.68 Å². The first-order valence-corrected chi connectivity index (χ1v) is 5.87.